The lowest BCUT2D eigenvalue weighted by atomic mass is 10.2. The summed E-state index contributed by atoms with van der Waals surface area (Å²) in [5, 5.41) is 3.24. The normalized spacial score (nSPS) is 21.0. The minimum Gasteiger partial charge on any atom is -0.363 e. The number of nitrogens with zero attached hydrogens (tertiary/aromatic N) is 3. The van der Waals surface area contributed by atoms with Gasteiger partial charge in [-0.05, 0) is 18.6 Å². The highest BCUT2D eigenvalue weighted by atomic mass is 32.2. The Morgan fingerprint density at radius 2 is 2.19 bits per heavy atom. The van der Waals surface area contributed by atoms with E-state index in [9.17, 15) is 8.42 Å². The van der Waals surface area contributed by atoms with Crippen molar-refractivity contribution in [1.82, 2.24) is 20.3 Å². The fourth-order valence-electron chi connectivity index (χ4n) is 2.46. The quantitative estimate of drug-likeness (QED) is 0.844. The molecule has 0 bridgehead atoms. The number of hydrogen-bond acceptors (Lipinski definition) is 6. The van der Waals surface area contributed by atoms with Crippen LogP contribution in [0.25, 0.3) is 11.2 Å². The van der Waals surface area contributed by atoms with Crippen LogP contribution in [0.2, 0.25) is 0 Å². The highest BCUT2D eigenvalue weighted by molar-refractivity contribution is 7.91. The molecule has 3 rings (SSSR count). The lowest BCUT2D eigenvalue weighted by molar-refractivity contribution is 0.544. The van der Waals surface area contributed by atoms with Gasteiger partial charge >= 0.3 is 0 Å². The molecule has 2 aromatic heterocycles. The van der Waals surface area contributed by atoms with Gasteiger partial charge in [0.15, 0.2) is 15.5 Å². The van der Waals surface area contributed by atoms with Crippen LogP contribution in [-0.2, 0) is 16.4 Å². The number of aromatic nitrogens is 3. The van der Waals surface area contributed by atoms with E-state index in [4.69, 9.17) is 0 Å². The van der Waals surface area contributed by atoms with Crippen LogP contribution in [-0.4, -0.2) is 55.0 Å². The van der Waals surface area contributed by atoms with Crippen LogP contribution in [0, 0.1) is 0 Å². The van der Waals surface area contributed by atoms with Crippen molar-refractivity contribution in [3.05, 3.63) is 18.0 Å². The van der Waals surface area contributed by atoms with Crippen molar-refractivity contribution in [3.63, 3.8) is 0 Å². The Balaban J connectivity index is 1.70. The Bertz CT molecular complexity index is 753. The van der Waals surface area contributed by atoms with Crippen molar-refractivity contribution in [3.8, 4) is 0 Å². The first-order chi connectivity index (χ1) is 9.93. The van der Waals surface area contributed by atoms with Gasteiger partial charge in [0.1, 0.15) is 11.6 Å². The molecule has 1 saturated heterocycles. The molecule has 0 spiro atoms. The number of imidazole rings is 1. The molecule has 7 nitrogen and oxygen atoms in total. The zero-order valence-corrected chi connectivity index (χ0v) is 12.9. The first-order valence-corrected chi connectivity index (χ1v) is 8.72. The predicted molar refractivity (Wildman–Crippen MR) is 82.1 cm³/mol. The maximum absolute atomic E-state index is 11.4. The number of fused-ring (bicyclic) bond motifs is 1. The molecule has 1 unspecified atom stereocenters. The van der Waals surface area contributed by atoms with Crippen LogP contribution in [0.5, 0.6) is 0 Å². The summed E-state index contributed by atoms with van der Waals surface area (Å²) in [6.07, 6.45) is 0.672. The molecule has 0 amide bonds. The van der Waals surface area contributed by atoms with Gasteiger partial charge in [0, 0.05) is 20.1 Å². The summed E-state index contributed by atoms with van der Waals surface area (Å²) < 4.78 is 22.8. The van der Waals surface area contributed by atoms with Crippen molar-refractivity contribution in [2.24, 2.45) is 0 Å². The molecule has 1 fully saturated rings. The van der Waals surface area contributed by atoms with Crippen molar-refractivity contribution in [1.29, 1.82) is 0 Å². The molecule has 0 saturated carbocycles. The lowest BCUT2D eigenvalue weighted by Gasteiger charge is -2.09. The second kappa shape index (κ2) is 5.27. The average Bonchev–Trinajstić information content (AvgIpc) is 2.97. The number of H-pyrrole nitrogens is 1. The maximum atomic E-state index is 11.4. The Hall–Kier alpha value is -1.67. The minimum absolute atomic E-state index is 0.0218. The SMILES string of the molecule is CN(C)c1ccc2[nH]c(CNC3CCS(=O)(=O)C3)nc2n1. The second-order valence-electron chi connectivity index (χ2n) is 5.60. The van der Waals surface area contributed by atoms with Gasteiger partial charge in [-0.15, -0.1) is 0 Å². The summed E-state index contributed by atoms with van der Waals surface area (Å²) in [5.74, 6) is 2.13. The van der Waals surface area contributed by atoms with Gasteiger partial charge in [-0.2, -0.15) is 0 Å². The number of anilines is 1. The summed E-state index contributed by atoms with van der Waals surface area (Å²) in [5.41, 5.74) is 1.56. The third-order valence-corrected chi connectivity index (χ3v) is 5.40. The van der Waals surface area contributed by atoms with Crippen molar-refractivity contribution < 1.29 is 8.42 Å². The molecule has 3 heterocycles. The predicted octanol–water partition coefficient (Wildman–Crippen LogP) is 0.301. The van der Waals surface area contributed by atoms with Crippen LogP contribution in [0.4, 0.5) is 5.82 Å². The average molecular weight is 309 g/mol. The second-order valence-corrected chi connectivity index (χ2v) is 7.83. The third-order valence-electron chi connectivity index (χ3n) is 3.63. The van der Waals surface area contributed by atoms with E-state index < -0.39 is 9.84 Å². The fourth-order valence-corrected chi connectivity index (χ4v) is 4.17. The lowest BCUT2D eigenvalue weighted by Crippen LogP contribution is -2.29. The molecule has 1 atom stereocenters. The third kappa shape index (κ3) is 3.16. The minimum atomic E-state index is -2.85. The molecule has 0 aliphatic carbocycles. The summed E-state index contributed by atoms with van der Waals surface area (Å²) in [6.45, 7) is 0.522. The highest BCUT2D eigenvalue weighted by Crippen LogP contribution is 2.15. The van der Waals surface area contributed by atoms with Crippen molar-refractivity contribution in [2.45, 2.75) is 19.0 Å². The van der Waals surface area contributed by atoms with Gasteiger partial charge in [-0.1, -0.05) is 0 Å². The van der Waals surface area contributed by atoms with E-state index in [2.05, 4.69) is 20.3 Å². The largest absolute Gasteiger partial charge is 0.363 e. The Morgan fingerprint density at radius 1 is 1.38 bits per heavy atom. The monoisotopic (exact) mass is 309 g/mol. The van der Waals surface area contributed by atoms with Crippen LogP contribution in [0.1, 0.15) is 12.2 Å². The first-order valence-electron chi connectivity index (χ1n) is 6.90. The standard InChI is InChI=1S/C13H19N5O2S/c1-18(2)12-4-3-10-13(17-12)16-11(15-10)7-14-9-5-6-21(19,20)8-9/h3-4,9,14H,5-8H2,1-2H3,(H,15,16,17). The van der Waals surface area contributed by atoms with Crippen LogP contribution < -0.4 is 10.2 Å². The number of nitrogens with one attached hydrogen (secondary N) is 2. The van der Waals surface area contributed by atoms with E-state index in [1.54, 1.807) is 0 Å². The molecule has 2 aromatic rings. The van der Waals surface area contributed by atoms with Gasteiger partial charge in [0.05, 0.1) is 23.6 Å². The van der Waals surface area contributed by atoms with E-state index in [0.29, 0.717) is 18.6 Å². The Kier molecular flexibility index (Phi) is 3.58. The number of pyridine rings is 1. The van der Waals surface area contributed by atoms with E-state index in [1.807, 2.05) is 31.1 Å². The molecule has 114 valence electrons. The number of aromatic amines is 1. The van der Waals surface area contributed by atoms with Gasteiger partial charge in [-0.3, -0.25) is 0 Å². The summed E-state index contributed by atoms with van der Waals surface area (Å²) in [7, 11) is 1.02. The molecule has 0 aromatic carbocycles. The zero-order valence-electron chi connectivity index (χ0n) is 12.1. The maximum Gasteiger partial charge on any atom is 0.179 e. The highest BCUT2D eigenvalue weighted by Gasteiger charge is 2.27. The van der Waals surface area contributed by atoms with Crippen molar-refractivity contribution in [2.75, 3.05) is 30.5 Å². The first kappa shape index (κ1) is 14.3. The zero-order chi connectivity index (χ0) is 15.0. The molecule has 1 aliphatic heterocycles. The summed E-state index contributed by atoms with van der Waals surface area (Å²) in [6, 6.07) is 3.91. The van der Waals surface area contributed by atoms with Crippen LogP contribution in [0.15, 0.2) is 12.1 Å². The Labute approximate surface area is 123 Å². The number of rotatable bonds is 4. The van der Waals surface area contributed by atoms with Gasteiger partial charge in [0.2, 0.25) is 0 Å². The molecular weight excluding hydrogens is 290 g/mol. The molecule has 21 heavy (non-hydrogen) atoms. The fraction of sp³-hybridized carbons (Fsp3) is 0.538. The van der Waals surface area contributed by atoms with Crippen molar-refractivity contribution >= 4 is 26.8 Å². The van der Waals surface area contributed by atoms with E-state index >= 15 is 0 Å². The van der Waals surface area contributed by atoms with Gasteiger partial charge < -0.3 is 15.2 Å². The number of sulfone groups is 1. The van der Waals surface area contributed by atoms with Gasteiger partial charge in [-0.25, -0.2) is 18.4 Å². The smallest absolute Gasteiger partial charge is 0.179 e. The molecule has 0 radical (unpaired) electrons. The van der Waals surface area contributed by atoms with E-state index in [0.717, 1.165) is 17.2 Å². The van der Waals surface area contributed by atoms with Crippen LogP contribution in [0.3, 0.4) is 0 Å². The van der Waals surface area contributed by atoms with E-state index in [-0.39, 0.29) is 17.5 Å². The van der Waals surface area contributed by atoms with Crippen LogP contribution >= 0.6 is 0 Å². The Morgan fingerprint density at radius 3 is 2.86 bits per heavy atom. The molecule has 2 N–H and O–H groups in total. The molecule has 8 heteroatoms. The topological polar surface area (TPSA) is 91.0 Å². The van der Waals surface area contributed by atoms with E-state index in [1.165, 1.54) is 0 Å². The molecular formula is C13H19N5O2S. The number of hydrogen-bond donors (Lipinski definition) is 2. The summed E-state index contributed by atoms with van der Waals surface area (Å²) >= 11 is 0. The van der Waals surface area contributed by atoms with Gasteiger partial charge in [0.25, 0.3) is 0 Å². The summed E-state index contributed by atoms with van der Waals surface area (Å²) in [4.78, 5) is 14.0. The molecule has 1 aliphatic rings.